The minimum atomic E-state index is -3.87. The van der Waals surface area contributed by atoms with Gasteiger partial charge < -0.3 is 43.7 Å². The second-order valence-corrected chi connectivity index (χ2v) is 14.6. The summed E-state index contributed by atoms with van der Waals surface area (Å²) in [6.45, 7) is -0.518. The molecular formula is C39H43N3O11S. The quantitative estimate of drug-likeness (QED) is 0.225. The summed E-state index contributed by atoms with van der Waals surface area (Å²) < 4.78 is 136. The highest BCUT2D eigenvalue weighted by molar-refractivity contribution is 7.99. The number of hydrogen-bond acceptors (Lipinski definition) is 15. The van der Waals surface area contributed by atoms with Crippen LogP contribution in [0.3, 0.4) is 0 Å². The Hall–Kier alpha value is -4.41. The van der Waals surface area contributed by atoms with Crippen molar-refractivity contribution in [2.45, 2.75) is 74.6 Å². The van der Waals surface area contributed by atoms with E-state index in [0.717, 1.165) is 14.0 Å². The average molecular weight is 772 g/mol. The number of ether oxygens (including phenoxy) is 6. The average Bonchev–Trinajstić information content (AvgIpc) is 3.72. The third-order valence-electron chi connectivity index (χ3n) is 10.6. The molecule has 7 atom stereocenters. The molecule has 2 saturated heterocycles. The first kappa shape index (κ1) is 25.6. The molecule has 54 heavy (non-hydrogen) atoms. The minimum Gasteiger partial charge on any atom is -0.504 e. The molecule has 0 amide bonds. The van der Waals surface area contributed by atoms with Gasteiger partial charge in [0.15, 0.2) is 40.0 Å². The molecular weight excluding hydrogens is 719 g/mol. The number of thioether (sulfide) groups is 1. The Labute approximate surface area is 330 Å². The molecule has 3 aromatic rings. The van der Waals surface area contributed by atoms with Gasteiger partial charge in [-0.15, -0.1) is 11.8 Å². The van der Waals surface area contributed by atoms with Crippen molar-refractivity contribution in [1.29, 1.82) is 1.43 Å². The maximum atomic E-state index is 15.2. The van der Waals surface area contributed by atoms with E-state index in [-0.39, 0.29) is 52.7 Å². The topological polar surface area (TPSA) is 169 Å². The third-order valence-corrected chi connectivity index (χ3v) is 11.9. The van der Waals surface area contributed by atoms with Crippen LogP contribution in [-0.4, -0.2) is 104 Å². The summed E-state index contributed by atoms with van der Waals surface area (Å²) in [5, 5.41) is 28.4. The summed E-state index contributed by atoms with van der Waals surface area (Å²) in [6.07, 6.45) is -5.55. The molecule has 0 saturated carbocycles. The van der Waals surface area contributed by atoms with Gasteiger partial charge in [0.2, 0.25) is 8.22 Å². The number of fused-ring (bicyclic) bond motifs is 9. The lowest BCUT2D eigenvalue weighted by atomic mass is 9.73. The van der Waals surface area contributed by atoms with Gasteiger partial charge in [0.1, 0.15) is 18.5 Å². The summed E-state index contributed by atoms with van der Waals surface area (Å²) in [5.41, 5.74) is -4.19. The molecule has 7 heterocycles. The van der Waals surface area contributed by atoms with Crippen LogP contribution in [0.1, 0.15) is 81.0 Å². The van der Waals surface area contributed by atoms with Gasteiger partial charge in [0.05, 0.1) is 45.7 Å². The molecule has 0 unspecified atom stereocenters. The monoisotopic (exact) mass is 771 g/mol. The number of benzene rings is 3. The maximum absolute atomic E-state index is 15.2. The van der Waals surface area contributed by atoms with Gasteiger partial charge in [-0.3, -0.25) is 19.9 Å². The smallest absolute Gasteiger partial charge is 0.331 e. The van der Waals surface area contributed by atoms with Gasteiger partial charge in [-0.25, -0.2) is 4.79 Å². The van der Waals surface area contributed by atoms with Crippen molar-refractivity contribution in [2.24, 2.45) is 0 Å². The number of aromatic hydroxyl groups is 2. The van der Waals surface area contributed by atoms with Crippen LogP contribution in [-0.2, 0) is 32.7 Å². The van der Waals surface area contributed by atoms with Crippen molar-refractivity contribution < 1.29 is 65.7 Å². The summed E-state index contributed by atoms with van der Waals surface area (Å²) in [5.74, 6) is -5.74. The van der Waals surface area contributed by atoms with Gasteiger partial charge in [0.25, 0.3) is 0 Å². The SMILES string of the molecule is [2H]O[C@@H]1N2[C@@]([2H])([C@@]3([2H])SC[C@@]4(NCCc5cc(O)c(OC)cc54)C(=O)OC([2H])([2H])[C@@]2([2H])c2c4c(c(C)c(OC(C)=O)c23)OCO4)[C@@]2([2H])c3c(cc(C)c(OC)c3O)C([2H])([2H])[C@]1([2H])N2C. The van der Waals surface area contributed by atoms with E-state index in [1.54, 1.807) is 0 Å². The van der Waals surface area contributed by atoms with Gasteiger partial charge in [0, 0.05) is 51.6 Å². The Morgan fingerprint density at radius 1 is 1.09 bits per heavy atom. The normalized spacial score (nSPS) is 40.8. The van der Waals surface area contributed by atoms with E-state index >= 15 is 4.79 Å². The van der Waals surface area contributed by atoms with E-state index in [0.29, 0.717) is 27.1 Å². The highest BCUT2D eigenvalue weighted by atomic mass is 32.2. The zero-order valence-electron chi connectivity index (χ0n) is 40.0. The predicted molar refractivity (Wildman–Crippen MR) is 195 cm³/mol. The van der Waals surface area contributed by atoms with Gasteiger partial charge in [-0.2, -0.15) is 0 Å². The summed E-state index contributed by atoms with van der Waals surface area (Å²) in [4.78, 5) is 29.4. The summed E-state index contributed by atoms with van der Waals surface area (Å²) >= 11 is 0.468. The molecule has 3 aromatic carbocycles. The maximum Gasteiger partial charge on any atom is 0.331 e. The highest BCUT2D eigenvalue weighted by Crippen LogP contribution is 2.64. The minimum absolute atomic E-state index is 0.0103. The van der Waals surface area contributed by atoms with Crippen LogP contribution < -0.4 is 29.0 Å². The fourth-order valence-electron chi connectivity index (χ4n) is 8.26. The van der Waals surface area contributed by atoms with Crippen LogP contribution in [0.4, 0.5) is 0 Å². The third kappa shape index (κ3) is 4.74. The largest absolute Gasteiger partial charge is 0.504 e. The number of nitrogens with one attached hydrogen (secondary N) is 1. The van der Waals surface area contributed by atoms with Gasteiger partial charge in [-0.05, 0) is 68.1 Å². The molecule has 0 aromatic heterocycles. The number of carbonyl (C=O) groups is 2. The Balaban J connectivity index is 1.52. The number of hydrogen-bond donors (Lipinski definition) is 4. The van der Waals surface area contributed by atoms with E-state index in [2.05, 4.69) is 5.32 Å². The van der Waals surface area contributed by atoms with E-state index in [1.807, 2.05) is 0 Å². The van der Waals surface area contributed by atoms with Crippen LogP contribution in [0.2, 0.25) is 0 Å². The van der Waals surface area contributed by atoms with E-state index in [1.165, 1.54) is 46.3 Å². The lowest BCUT2D eigenvalue weighted by Gasteiger charge is -2.62. The fraction of sp³-hybridized carbons (Fsp3) is 0.487. The first-order valence-corrected chi connectivity index (χ1v) is 18.0. The van der Waals surface area contributed by atoms with Crippen LogP contribution in [0.5, 0.6) is 40.2 Å². The lowest BCUT2D eigenvalue weighted by Crippen LogP contribution is -2.70. The second-order valence-electron chi connectivity index (χ2n) is 13.6. The number of methoxy groups -OCH3 is 2. The zero-order valence-corrected chi connectivity index (χ0v) is 30.8. The second kappa shape index (κ2) is 12.6. The van der Waals surface area contributed by atoms with E-state index in [9.17, 15) is 27.3 Å². The van der Waals surface area contributed by atoms with Crippen molar-refractivity contribution in [3.63, 3.8) is 0 Å². The zero-order chi connectivity index (χ0) is 46.9. The molecule has 15 heteroatoms. The van der Waals surface area contributed by atoms with Crippen molar-refractivity contribution in [3.05, 3.63) is 62.7 Å². The molecule has 0 aliphatic carbocycles. The number of aliphatic hydroxyl groups is 1. The molecule has 7 aliphatic rings. The number of likely N-dealkylation sites (N-methyl/N-ethyl adjacent to an activating group) is 1. The molecule has 2 fully saturated rings. The number of aliphatic hydroxyl groups excluding tert-OH is 1. The highest BCUT2D eigenvalue weighted by Gasteiger charge is 2.61. The number of rotatable bonds is 4. The van der Waals surface area contributed by atoms with Gasteiger partial charge in [-0.1, -0.05) is 6.07 Å². The van der Waals surface area contributed by atoms with Crippen LogP contribution in [0, 0.1) is 13.8 Å². The number of phenolic OH excluding ortho intramolecular Hbond substituents is 2. The Bertz CT molecular complexity index is 2620. The molecule has 10 rings (SSSR count). The summed E-state index contributed by atoms with van der Waals surface area (Å²) in [6, 6.07) is -9.59. The standard InChI is InChI=1S/C39H43N3O11S/c1-16-9-20-10-22-37(46)42-23-13-50-38(47)39(21-12-25(48-5)24(44)11-19(21)7-8-40-39)14-54-36(30(42)29(41(22)4)26(20)31(45)32(16)49-6)28-27(23)35-34(51-15-52-35)17(2)33(28)53-18(3)43/h9,11-12,22-23,29-30,36-37,40,44-46H,7-8,10,13-15H2,1-6H3/t22-,23-,29+,30+,36-,37-,39-/m0/s1/i10D2,13D2,22D,23D,29D,30D,36D,46D. The number of carbonyl (C=O) groups excluding carboxylic acids is 2. The first-order valence-electron chi connectivity index (χ1n) is 22.0. The van der Waals surface area contributed by atoms with Crippen LogP contribution in [0.25, 0.3) is 0 Å². The molecule has 4 bridgehead atoms. The molecule has 0 radical (unpaired) electrons. The molecule has 286 valence electrons. The van der Waals surface area contributed by atoms with Crippen molar-refractivity contribution >= 4 is 23.7 Å². The van der Waals surface area contributed by atoms with Crippen molar-refractivity contribution in [1.82, 2.24) is 15.1 Å². The van der Waals surface area contributed by atoms with Crippen molar-refractivity contribution in [3.8, 4) is 40.2 Å². The van der Waals surface area contributed by atoms with Crippen molar-refractivity contribution in [2.75, 3.05) is 46.9 Å². The lowest BCUT2D eigenvalue weighted by molar-refractivity contribution is -0.186. The predicted octanol–water partition coefficient (Wildman–Crippen LogP) is 3.41. The number of phenols is 2. The number of piperazine rings is 1. The molecule has 7 aliphatic heterocycles. The Morgan fingerprint density at radius 3 is 2.63 bits per heavy atom. The van der Waals surface area contributed by atoms with Gasteiger partial charge >= 0.3 is 11.9 Å². The Morgan fingerprint density at radius 2 is 1.89 bits per heavy atom. The van der Waals surface area contributed by atoms with E-state index in [4.69, 9.17) is 35.0 Å². The number of esters is 2. The van der Waals surface area contributed by atoms with Crippen LogP contribution in [0.15, 0.2) is 18.2 Å². The number of nitrogens with zero attached hydrogens (tertiary/aromatic N) is 2. The molecule has 1 spiro atoms. The Kier molecular flexibility index (Phi) is 5.96. The van der Waals surface area contributed by atoms with E-state index < -0.39 is 118 Å². The van der Waals surface area contributed by atoms with Crippen LogP contribution >= 0.6 is 11.8 Å². The fourth-order valence-corrected chi connectivity index (χ4v) is 9.67. The summed E-state index contributed by atoms with van der Waals surface area (Å²) in [7, 11) is 3.51. The number of aryl methyl sites for hydroxylation is 1. The first-order chi connectivity index (χ1) is 29.8. The molecule has 4 N–H and O–H groups in total. The molecule has 14 nitrogen and oxygen atoms in total.